The van der Waals surface area contributed by atoms with E-state index >= 15 is 0 Å². The molecule has 0 heterocycles. The topological polar surface area (TPSA) is 29.4 Å². The van der Waals surface area contributed by atoms with Crippen molar-refractivity contribution in [1.29, 1.82) is 0 Å². The van der Waals surface area contributed by atoms with E-state index in [0.29, 0.717) is 12.0 Å². The lowest BCUT2D eigenvalue weighted by molar-refractivity contribution is -0.119. The van der Waals surface area contributed by atoms with Crippen LogP contribution in [0.3, 0.4) is 0 Å². The Labute approximate surface area is 106 Å². The number of halogens is 2. The van der Waals surface area contributed by atoms with E-state index in [9.17, 15) is 13.6 Å². The highest BCUT2D eigenvalue weighted by atomic mass is 19.2. The second-order valence-corrected chi connectivity index (χ2v) is 5.42. The predicted molar refractivity (Wildman–Crippen MR) is 67.9 cm³/mol. The Morgan fingerprint density at radius 2 is 1.94 bits per heavy atom. The van der Waals surface area contributed by atoms with Crippen LogP contribution in [0.1, 0.15) is 32.8 Å². The highest BCUT2D eigenvalue weighted by Gasteiger charge is 2.14. The van der Waals surface area contributed by atoms with Crippen LogP contribution in [0.25, 0.3) is 0 Å². The van der Waals surface area contributed by atoms with E-state index in [0.717, 1.165) is 12.1 Å². The Balaban J connectivity index is 2.55. The van der Waals surface area contributed by atoms with Crippen LogP contribution in [-0.2, 0) is 4.79 Å². The molecule has 18 heavy (non-hydrogen) atoms. The zero-order valence-electron chi connectivity index (χ0n) is 10.8. The fourth-order valence-corrected chi connectivity index (χ4v) is 1.49. The molecule has 0 bridgehead atoms. The molecule has 0 fully saturated rings. The van der Waals surface area contributed by atoms with Crippen LogP contribution in [-0.4, -0.2) is 18.5 Å². The average molecular weight is 253 g/mol. The molecule has 0 saturated carbocycles. The molecule has 0 saturated heterocycles. The first-order valence-electron chi connectivity index (χ1n) is 5.74. The highest BCUT2D eigenvalue weighted by molar-refractivity contribution is 5.85. The molecule has 2 nitrogen and oxygen atoms in total. The first-order valence-corrected chi connectivity index (χ1v) is 5.74. The second-order valence-electron chi connectivity index (χ2n) is 5.42. The summed E-state index contributed by atoms with van der Waals surface area (Å²) in [5.74, 6) is -1.78. The minimum atomic E-state index is -0.917. The number of nitrogens with zero attached hydrogens (tertiary/aromatic N) is 1. The van der Waals surface area contributed by atoms with E-state index in [1.807, 2.05) is 20.8 Å². The monoisotopic (exact) mass is 253 g/mol. The van der Waals surface area contributed by atoms with Gasteiger partial charge in [0.05, 0.1) is 6.54 Å². The standard InChI is InChI=1S/C14H17F2NO/c1-14(2,3)7-11(18)9-17-8-10-4-5-12(15)13(16)6-10/h4-6,8H,7,9H2,1-3H3. The first-order chi connectivity index (χ1) is 8.28. The molecule has 0 unspecified atom stereocenters. The van der Waals surface area contributed by atoms with Crippen molar-refractivity contribution in [1.82, 2.24) is 0 Å². The molecule has 0 aliphatic heterocycles. The van der Waals surface area contributed by atoms with Gasteiger partial charge in [-0.05, 0) is 23.1 Å². The molecule has 1 rings (SSSR count). The number of ketones is 1. The van der Waals surface area contributed by atoms with Crippen molar-refractivity contribution in [2.75, 3.05) is 6.54 Å². The smallest absolute Gasteiger partial charge is 0.159 e. The molecule has 1 aromatic rings. The molecule has 0 spiro atoms. The summed E-state index contributed by atoms with van der Waals surface area (Å²) in [5.41, 5.74) is 0.381. The maximum absolute atomic E-state index is 12.9. The SMILES string of the molecule is CC(C)(C)CC(=O)CN=Cc1ccc(F)c(F)c1. The number of carbonyl (C=O) groups is 1. The molecule has 4 heteroatoms. The van der Waals surface area contributed by atoms with Crippen LogP contribution < -0.4 is 0 Å². The van der Waals surface area contributed by atoms with Gasteiger partial charge in [0.1, 0.15) is 0 Å². The number of carbonyl (C=O) groups excluding carboxylic acids is 1. The molecule has 98 valence electrons. The highest BCUT2D eigenvalue weighted by Crippen LogP contribution is 2.18. The van der Waals surface area contributed by atoms with Crippen molar-refractivity contribution in [2.24, 2.45) is 10.4 Å². The lowest BCUT2D eigenvalue weighted by Crippen LogP contribution is -2.14. The summed E-state index contributed by atoms with van der Waals surface area (Å²) in [6.07, 6.45) is 1.82. The van der Waals surface area contributed by atoms with Gasteiger partial charge in [0.15, 0.2) is 17.4 Å². The number of Topliss-reactive ketones (excluding diaryl/α,β-unsaturated/α-hetero) is 1. The summed E-state index contributed by atoms with van der Waals surface area (Å²) in [7, 11) is 0. The van der Waals surface area contributed by atoms with Crippen LogP contribution in [0.2, 0.25) is 0 Å². The minimum Gasteiger partial charge on any atom is -0.298 e. The summed E-state index contributed by atoms with van der Waals surface area (Å²) >= 11 is 0. The fourth-order valence-electron chi connectivity index (χ4n) is 1.49. The maximum Gasteiger partial charge on any atom is 0.159 e. The van der Waals surface area contributed by atoms with Crippen molar-refractivity contribution >= 4 is 12.0 Å². The Kier molecular flexibility index (Phi) is 4.70. The van der Waals surface area contributed by atoms with Gasteiger partial charge < -0.3 is 0 Å². The van der Waals surface area contributed by atoms with Crippen molar-refractivity contribution < 1.29 is 13.6 Å². The molecule has 0 atom stereocenters. The Morgan fingerprint density at radius 1 is 1.28 bits per heavy atom. The van der Waals surface area contributed by atoms with Gasteiger partial charge in [0, 0.05) is 12.6 Å². The van der Waals surface area contributed by atoms with Gasteiger partial charge in [-0.2, -0.15) is 0 Å². The molecule has 0 aromatic heterocycles. The predicted octanol–water partition coefficient (Wildman–Crippen LogP) is 3.39. The average Bonchev–Trinajstić information content (AvgIpc) is 2.20. The molecule has 0 aliphatic rings. The van der Waals surface area contributed by atoms with Crippen molar-refractivity contribution in [3.05, 3.63) is 35.4 Å². The molecular formula is C14H17F2NO. The Morgan fingerprint density at radius 3 is 2.50 bits per heavy atom. The van der Waals surface area contributed by atoms with Gasteiger partial charge in [-0.3, -0.25) is 9.79 Å². The van der Waals surface area contributed by atoms with Gasteiger partial charge in [-0.1, -0.05) is 26.8 Å². The quantitative estimate of drug-likeness (QED) is 0.756. The maximum atomic E-state index is 12.9. The van der Waals surface area contributed by atoms with Crippen molar-refractivity contribution in [3.63, 3.8) is 0 Å². The molecule has 0 amide bonds. The van der Waals surface area contributed by atoms with Crippen molar-refractivity contribution in [3.8, 4) is 0 Å². The van der Waals surface area contributed by atoms with Gasteiger partial charge in [0.2, 0.25) is 0 Å². The summed E-state index contributed by atoms with van der Waals surface area (Å²) in [5, 5.41) is 0. The summed E-state index contributed by atoms with van der Waals surface area (Å²) in [6.45, 7) is 5.99. The summed E-state index contributed by atoms with van der Waals surface area (Å²) in [6, 6.07) is 3.50. The van der Waals surface area contributed by atoms with Gasteiger partial charge in [0.25, 0.3) is 0 Å². The third kappa shape index (κ3) is 5.17. The first kappa shape index (κ1) is 14.5. The molecule has 0 radical (unpaired) electrons. The normalized spacial score (nSPS) is 12.1. The van der Waals surface area contributed by atoms with E-state index in [-0.39, 0.29) is 17.7 Å². The van der Waals surface area contributed by atoms with E-state index in [2.05, 4.69) is 4.99 Å². The van der Waals surface area contributed by atoms with Crippen molar-refractivity contribution in [2.45, 2.75) is 27.2 Å². The molecular weight excluding hydrogens is 236 g/mol. The Hall–Kier alpha value is -1.58. The van der Waals surface area contributed by atoms with E-state index in [4.69, 9.17) is 0 Å². The van der Waals surface area contributed by atoms with Gasteiger partial charge in [-0.15, -0.1) is 0 Å². The van der Waals surface area contributed by atoms with Crippen LogP contribution in [0.4, 0.5) is 8.78 Å². The zero-order chi connectivity index (χ0) is 13.8. The number of benzene rings is 1. The minimum absolute atomic E-state index is 0.0290. The van der Waals surface area contributed by atoms with E-state index in [1.165, 1.54) is 12.3 Å². The van der Waals surface area contributed by atoms with Crippen LogP contribution in [0, 0.1) is 17.0 Å². The van der Waals surface area contributed by atoms with Crippen LogP contribution in [0.15, 0.2) is 23.2 Å². The summed E-state index contributed by atoms with van der Waals surface area (Å²) < 4.78 is 25.5. The molecule has 0 aliphatic carbocycles. The summed E-state index contributed by atoms with van der Waals surface area (Å²) in [4.78, 5) is 15.5. The number of hydrogen-bond donors (Lipinski definition) is 0. The lowest BCUT2D eigenvalue weighted by atomic mass is 9.90. The zero-order valence-corrected chi connectivity index (χ0v) is 10.8. The molecule has 0 N–H and O–H groups in total. The third-order valence-corrected chi connectivity index (χ3v) is 2.18. The number of aliphatic imine (C=N–C) groups is 1. The lowest BCUT2D eigenvalue weighted by Gasteiger charge is -2.15. The van der Waals surface area contributed by atoms with E-state index in [1.54, 1.807) is 0 Å². The van der Waals surface area contributed by atoms with Crippen LogP contribution in [0.5, 0.6) is 0 Å². The number of hydrogen-bond acceptors (Lipinski definition) is 2. The van der Waals surface area contributed by atoms with Crippen LogP contribution >= 0.6 is 0 Å². The fraction of sp³-hybridized carbons (Fsp3) is 0.429. The van der Waals surface area contributed by atoms with E-state index < -0.39 is 11.6 Å². The Bertz CT molecular complexity index is 461. The molecule has 1 aromatic carbocycles. The largest absolute Gasteiger partial charge is 0.298 e. The third-order valence-electron chi connectivity index (χ3n) is 2.18. The van der Waals surface area contributed by atoms with Gasteiger partial charge in [-0.25, -0.2) is 8.78 Å². The second kappa shape index (κ2) is 5.85. The number of rotatable bonds is 4. The van der Waals surface area contributed by atoms with Gasteiger partial charge >= 0.3 is 0 Å².